The number of thiophene rings is 1. The largest absolute Gasteiger partial charge is 0.486 e. The number of rotatable bonds is 9. The monoisotopic (exact) mass is 425 g/mol. The van der Waals surface area contributed by atoms with E-state index in [2.05, 4.69) is 28.2 Å². The summed E-state index contributed by atoms with van der Waals surface area (Å²) in [5.74, 6) is 1.35. The molecule has 3 aromatic rings. The van der Waals surface area contributed by atoms with E-state index < -0.39 is 0 Å². The molecule has 0 saturated carbocycles. The molecule has 29 heavy (non-hydrogen) atoms. The summed E-state index contributed by atoms with van der Waals surface area (Å²) in [5, 5.41) is 23.1. The number of benzene rings is 1. The van der Waals surface area contributed by atoms with E-state index in [1.54, 1.807) is 17.5 Å². The van der Waals surface area contributed by atoms with E-state index in [9.17, 15) is 4.79 Å². The lowest BCUT2D eigenvalue weighted by molar-refractivity contribution is -0.113. The van der Waals surface area contributed by atoms with Crippen LogP contribution in [0.25, 0.3) is 0 Å². The molecule has 0 aliphatic rings. The standard InChI is InChI=1S/C20H19N5O2S2/c1-3-8-25-17(12-27-16-6-4-5-14(2)10-16)23-24-20(25)29-13-18(26)22-19-15(11-21)7-9-28-19/h3-7,9-10H,1,8,12-13H2,2H3,(H,22,26). The van der Waals surface area contributed by atoms with Gasteiger partial charge >= 0.3 is 0 Å². The fraction of sp³-hybridized carbons (Fsp3) is 0.200. The normalized spacial score (nSPS) is 10.3. The molecule has 0 bridgehead atoms. The first-order valence-corrected chi connectivity index (χ1v) is 10.6. The molecule has 9 heteroatoms. The smallest absolute Gasteiger partial charge is 0.235 e. The van der Waals surface area contributed by atoms with Crippen molar-refractivity contribution in [2.45, 2.75) is 25.2 Å². The van der Waals surface area contributed by atoms with Gasteiger partial charge in [0, 0.05) is 6.54 Å². The number of aryl methyl sites for hydroxylation is 1. The fourth-order valence-corrected chi connectivity index (χ4v) is 4.01. The number of hydrogen-bond donors (Lipinski definition) is 1. The van der Waals surface area contributed by atoms with E-state index in [0.717, 1.165) is 11.3 Å². The molecule has 2 heterocycles. The van der Waals surface area contributed by atoms with Gasteiger partial charge in [-0.1, -0.05) is 30.0 Å². The topological polar surface area (TPSA) is 92.8 Å². The SMILES string of the molecule is C=CCn1c(COc2cccc(C)c2)nnc1SCC(=O)Nc1sccc1C#N. The van der Waals surface area contributed by atoms with Crippen molar-refractivity contribution in [3.63, 3.8) is 0 Å². The minimum absolute atomic E-state index is 0.150. The highest BCUT2D eigenvalue weighted by Crippen LogP contribution is 2.24. The summed E-state index contributed by atoms with van der Waals surface area (Å²) in [6, 6.07) is 11.5. The van der Waals surface area contributed by atoms with E-state index in [-0.39, 0.29) is 18.3 Å². The van der Waals surface area contributed by atoms with E-state index in [1.165, 1.54) is 23.1 Å². The average Bonchev–Trinajstić information content (AvgIpc) is 3.31. The lowest BCUT2D eigenvalue weighted by Crippen LogP contribution is -2.14. The van der Waals surface area contributed by atoms with E-state index in [4.69, 9.17) is 10.00 Å². The van der Waals surface area contributed by atoms with Crippen LogP contribution >= 0.6 is 23.1 Å². The minimum atomic E-state index is -0.209. The fourth-order valence-electron chi connectivity index (χ4n) is 2.48. The number of allylic oxidation sites excluding steroid dienone is 1. The zero-order valence-corrected chi connectivity index (χ0v) is 17.4. The lowest BCUT2D eigenvalue weighted by atomic mass is 10.2. The lowest BCUT2D eigenvalue weighted by Gasteiger charge is -2.09. The number of carbonyl (C=O) groups is 1. The molecule has 1 aromatic carbocycles. The molecular weight excluding hydrogens is 406 g/mol. The summed E-state index contributed by atoms with van der Waals surface area (Å²) >= 11 is 2.59. The van der Waals surface area contributed by atoms with Crippen molar-refractivity contribution in [3.05, 3.63) is 65.3 Å². The van der Waals surface area contributed by atoms with Crippen molar-refractivity contribution in [2.75, 3.05) is 11.1 Å². The second kappa shape index (κ2) is 9.91. The number of nitriles is 1. The number of thioether (sulfide) groups is 1. The third kappa shape index (κ3) is 5.47. The first kappa shape index (κ1) is 20.6. The predicted octanol–water partition coefficient (Wildman–Crippen LogP) is 4.02. The zero-order valence-electron chi connectivity index (χ0n) is 15.8. The number of nitrogens with zero attached hydrogens (tertiary/aromatic N) is 4. The Labute approximate surface area is 177 Å². The second-order valence-electron chi connectivity index (χ2n) is 6.02. The summed E-state index contributed by atoms with van der Waals surface area (Å²) in [6.07, 6.45) is 1.74. The van der Waals surface area contributed by atoms with Gasteiger partial charge in [-0.3, -0.25) is 9.36 Å². The van der Waals surface area contributed by atoms with E-state index in [0.29, 0.717) is 28.1 Å². The van der Waals surface area contributed by atoms with Crippen LogP contribution in [0.15, 0.2) is 53.5 Å². The summed E-state index contributed by atoms with van der Waals surface area (Å²) in [7, 11) is 0. The zero-order chi connectivity index (χ0) is 20.6. The Hall–Kier alpha value is -3.09. The highest BCUT2D eigenvalue weighted by molar-refractivity contribution is 7.99. The second-order valence-corrected chi connectivity index (χ2v) is 7.87. The van der Waals surface area contributed by atoms with Gasteiger partial charge in [-0.15, -0.1) is 28.1 Å². The molecule has 7 nitrogen and oxygen atoms in total. The first-order chi connectivity index (χ1) is 14.1. The van der Waals surface area contributed by atoms with Gasteiger partial charge in [0.2, 0.25) is 5.91 Å². The van der Waals surface area contributed by atoms with Gasteiger partial charge in [0.05, 0.1) is 11.3 Å². The predicted molar refractivity (Wildman–Crippen MR) is 114 cm³/mol. The van der Waals surface area contributed by atoms with Crippen LogP contribution in [0, 0.1) is 18.3 Å². The Morgan fingerprint density at radius 3 is 3.07 bits per heavy atom. The summed E-state index contributed by atoms with van der Waals surface area (Å²) in [4.78, 5) is 12.2. The molecule has 1 N–H and O–H groups in total. The number of nitrogens with one attached hydrogen (secondary N) is 1. The molecule has 1 amide bonds. The van der Waals surface area contributed by atoms with Gasteiger partial charge in [0.15, 0.2) is 11.0 Å². The van der Waals surface area contributed by atoms with Crippen LogP contribution in [0.3, 0.4) is 0 Å². The Kier molecular flexibility index (Phi) is 7.05. The molecule has 3 rings (SSSR count). The first-order valence-electron chi connectivity index (χ1n) is 8.73. The van der Waals surface area contributed by atoms with Gasteiger partial charge in [-0.25, -0.2) is 0 Å². The molecule has 148 valence electrons. The molecule has 2 aromatic heterocycles. The van der Waals surface area contributed by atoms with Crippen molar-refractivity contribution in [2.24, 2.45) is 0 Å². The third-order valence-electron chi connectivity index (χ3n) is 3.83. The summed E-state index contributed by atoms with van der Waals surface area (Å²) in [6.45, 7) is 6.55. The van der Waals surface area contributed by atoms with E-state index in [1.807, 2.05) is 35.8 Å². The molecule has 0 spiro atoms. The number of carbonyl (C=O) groups excluding carboxylic acids is 1. The molecule has 0 unspecified atom stereocenters. The number of anilines is 1. The molecule has 0 saturated heterocycles. The van der Waals surface area contributed by atoms with Crippen molar-refractivity contribution in [1.29, 1.82) is 5.26 Å². The number of hydrogen-bond acceptors (Lipinski definition) is 7. The highest BCUT2D eigenvalue weighted by atomic mass is 32.2. The van der Waals surface area contributed by atoms with Gasteiger partial charge in [-0.05, 0) is 36.1 Å². The van der Waals surface area contributed by atoms with Gasteiger partial charge in [0.25, 0.3) is 0 Å². The van der Waals surface area contributed by atoms with Crippen LogP contribution in [0.1, 0.15) is 17.0 Å². The van der Waals surface area contributed by atoms with Crippen LogP contribution < -0.4 is 10.1 Å². The Morgan fingerprint density at radius 1 is 1.45 bits per heavy atom. The van der Waals surface area contributed by atoms with Gasteiger partial charge < -0.3 is 10.1 Å². The summed E-state index contributed by atoms with van der Waals surface area (Å²) in [5.41, 5.74) is 1.57. The van der Waals surface area contributed by atoms with Crippen LogP contribution in [0.5, 0.6) is 5.75 Å². The number of ether oxygens (including phenoxy) is 1. The maximum atomic E-state index is 12.2. The average molecular weight is 426 g/mol. The molecule has 0 aliphatic carbocycles. The van der Waals surface area contributed by atoms with Crippen LogP contribution in [0.2, 0.25) is 0 Å². The third-order valence-corrected chi connectivity index (χ3v) is 5.63. The molecule has 0 aliphatic heterocycles. The van der Waals surface area contributed by atoms with Crippen molar-refractivity contribution < 1.29 is 9.53 Å². The van der Waals surface area contributed by atoms with Crippen LogP contribution in [-0.2, 0) is 17.9 Å². The van der Waals surface area contributed by atoms with Crippen LogP contribution in [-0.4, -0.2) is 26.4 Å². The molecular formula is C20H19N5O2S2. The van der Waals surface area contributed by atoms with Gasteiger partial charge in [-0.2, -0.15) is 5.26 Å². The Balaban J connectivity index is 1.62. The maximum Gasteiger partial charge on any atom is 0.235 e. The number of aromatic nitrogens is 3. The van der Waals surface area contributed by atoms with Crippen molar-refractivity contribution in [3.8, 4) is 11.8 Å². The van der Waals surface area contributed by atoms with Gasteiger partial charge in [0.1, 0.15) is 23.4 Å². The Bertz CT molecular complexity index is 1050. The molecule has 0 atom stereocenters. The van der Waals surface area contributed by atoms with Crippen LogP contribution in [0.4, 0.5) is 5.00 Å². The quantitative estimate of drug-likeness (QED) is 0.411. The van der Waals surface area contributed by atoms with Crippen molar-refractivity contribution >= 4 is 34.0 Å². The minimum Gasteiger partial charge on any atom is -0.486 e. The Morgan fingerprint density at radius 2 is 2.31 bits per heavy atom. The molecule has 0 fully saturated rings. The molecule has 0 radical (unpaired) electrons. The number of amides is 1. The maximum absolute atomic E-state index is 12.2. The summed E-state index contributed by atoms with van der Waals surface area (Å²) < 4.78 is 7.69. The highest BCUT2D eigenvalue weighted by Gasteiger charge is 2.15. The van der Waals surface area contributed by atoms with Crippen molar-refractivity contribution in [1.82, 2.24) is 14.8 Å². The van der Waals surface area contributed by atoms with E-state index >= 15 is 0 Å².